The summed E-state index contributed by atoms with van der Waals surface area (Å²) in [6.45, 7) is 0.246. The Balaban J connectivity index is 1.82. The average Bonchev–Trinajstić information content (AvgIpc) is 2.70. The Hall–Kier alpha value is -3.48. The Morgan fingerprint density at radius 3 is 2.56 bits per heavy atom. The fraction of sp³-hybridized carbons (Fsp3) is 0.200. The molecule has 0 aliphatic carbocycles. The Morgan fingerprint density at radius 1 is 1.04 bits per heavy atom. The quantitative estimate of drug-likeness (QED) is 0.182. The van der Waals surface area contributed by atoms with E-state index in [1.54, 1.807) is 31.4 Å². The number of rotatable bonds is 9. The summed E-state index contributed by atoms with van der Waals surface area (Å²) < 4.78 is 21.1. The third-order valence-corrected chi connectivity index (χ3v) is 3.52. The van der Waals surface area contributed by atoms with Crippen molar-refractivity contribution in [2.45, 2.75) is 0 Å². The summed E-state index contributed by atoms with van der Waals surface area (Å²) >= 11 is 0. The minimum atomic E-state index is -0.481. The second-order valence-electron chi connectivity index (χ2n) is 5.25. The standard InChI is InChI=1S/C20H21NO6/c1-24-17-6-4-3-5-16(17)8-10-20(22)27-12-11-26-18-9-7-15(14-21-23)13-19(18)25-2/h3-10,13-14,23H,11-12H2,1-2H3/b10-8-,21-14-. The van der Waals surface area contributed by atoms with Crippen molar-refractivity contribution in [3.8, 4) is 17.2 Å². The molecule has 0 fully saturated rings. The van der Waals surface area contributed by atoms with Crippen molar-refractivity contribution >= 4 is 18.3 Å². The molecule has 0 spiro atoms. The molecule has 0 radical (unpaired) electrons. The number of esters is 1. The summed E-state index contributed by atoms with van der Waals surface area (Å²) in [7, 11) is 3.07. The Labute approximate surface area is 157 Å². The summed E-state index contributed by atoms with van der Waals surface area (Å²) in [6.07, 6.45) is 4.25. The Kier molecular flexibility index (Phi) is 7.71. The van der Waals surface area contributed by atoms with Crippen LogP contribution in [-0.4, -0.2) is 44.8 Å². The summed E-state index contributed by atoms with van der Waals surface area (Å²) in [4.78, 5) is 11.8. The maximum atomic E-state index is 11.8. The van der Waals surface area contributed by atoms with Crippen LogP contribution in [0.3, 0.4) is 0 Å². The van der Waals surface area contributed by atoms with Gasteiger partial charge in [-0.1, -0.05) is 23.4 Å². The van der Waals surface area contributed by atoms with Crippen LogP contribution in [0.2, 0.25) is 0 Å². The number of para-hydroxylation sites is 1. The van der Waals surface area contributed by atoms with Gasteiger partial charge in [0.05, 0.1) is 20.4 Å². The number of carbonyl (C=O) groups excluding carboxylic acids is 1. The van der Waals surface area contributed by atoms with Crippen molar-refractivity contribution in [2.75, 3.05) is 27.4 Å². The number of hydrogen-bond donors (Lipinski definition) is 1. The molecule has 2 rings (SSSR count). The number of carbonyl (C=O) groups is 1. The van der Waals surface area contributed by atoms with Crippen molar-refractivity contribution in [1.29, 1.82) is 0 Å². The number of benzene rings is 2. The lowest BCUT2D eigenvalue weighted by atomic mass is 10.2. The van der Waals surface area contributed by atoms with Crippen molar-refractivity contribution < 1.29 is 28.9 Å². The smallest absolute Gasteiger partial charge is 0.330 e. The largest absolute Gasteiger partial charge is 0.496 e. The minimum absolute atomic E-state index is 0.0815. The van der Waals surface area contributed by atoms with Crippen molar-refractivity contribution in [3.05, 3.63) is 59.7 Å². The third kappa shape index (κ3) is 6.07. The van der Waals surface area contributed by atoms with Crippen LogP contribution in [0.4, 0.5) is 0 Å². The molecule has 0 unspecified atom stereocenters. The van der Waals surface area contributed by atoms with Gasteiger partial charge in [-0.25, -0.2) is 4.79 Å². The van der Waals surface area contributed by atoms with E-state index in [4.69, 9.17) is 24.2 Å². The molecule has 7 heteroatoms. The van der Waals surface area contributed by atoms with E-state index in [0.717, 1.165) is 5.56 Å². The van der Waals surface area contributed by atoms with E-state index in [1.807, 2.05) is 24.3 Å². The SMILES string of the molecule is COc1ccccc1/C=C\C(=O)OCCOc1ccc(/C=N\O)cc1OC. The van der Waals surface area contributed by atoms with Crippen LogP contribution in [0.5, 0.6) is 17.2 Å². The molecule has 0 aliphatic rings. The van der Waals surface area contributed by atoms with E-state index < -0.39 is 5.97 Å². The van der Waals surface area contributed by atoms with E-state index in [2.05, 4.69) is 5.16 Å². The molecule has 27 heavy (non-hydrogen) atoms. The highest BCUT2D eigenvalue weighted by molar-refractivity contribution is 5.87. The second kappa shape index (κ2) is 10.5. The van der Waals surface area contributed by atoms with E-state index in [-0.39, 0.29) is 13.2 Å². The van der Waals surface area contributed by atoms with Crippen LogP contribution in [0.25, 0.3) is 6.08 Å². The van der Waals surface area contributed by atoms with E-state index in [1.165, 1.54) is 19.4 Å². The molecule has 0 saturated carbocycles. The molecule has 2 aromatic rings. The predicted molar refractivity (Wildman–Crippen MR) is 101 cm³/mol. The fourth-order valence-corrected chi connectivity index (χ4v) is 2.25. The van der Waals surface area contributed by atoms with Crippen LogP contribution in [-0.2, 0) is 9.53 Å². The molecule has 2 aromatic carbocycles. The molecule has 7 nitrogen and oxygen atoms in total. The van der Waals surface area contributed by atoms with E-state index >= 15 is 0 Å². The van der Waals surface area contributed by atoms with E-state index in [9.17, 15) is 4.79 Å². The summed E-state index contributed by atoms with van der Waals surface area (Å²) in [5, 5.41) is 11.5. The van der Waals surface area contributed by atoms with Crippen LogP contribution >= 0.6 is 0 Å². The topological polar surface area (TPSA) is 86.6 Å². The summed E-state index contributed by atoms with van der Waals surface area (Å²) in [5.74, 6) is 1.17. The number of hydrogen-bond acceptors (Lipinski definition) is 7. The zero-order chi connectivity index (χ0) is 19.5. The predicted octanol–water partition coefficient (Wildman–Crippen LogP) is 3.15. The van der Waals surface area contributed by atoms with Gasteiger partial charge >= 0.3 is 5.97 Å². The molecule has 0 atom stereocenters. The highest BCUT2D eigenvalue weighted by Gasteiger charge is 2.06. The number of ether oxygens (including phenoxy) is 4. The highest BCUT2D eigenvalue weighted by atomic mass is 16.6. The molecular formula is C20H21NO6. The molecule has 0 bridgehead atoms. The first-order valence-corrected chi connectivity index (χ1v) is 8.14. The fourth-order valence-electron chi connectivity index (χ4n) is 2.25. The van der Waals surface area contributed by atoms with Gasteiger partial charge in [-0.2, -0.15) is 0 Å². The Morgan fingerprint density at radius 2 is 1.81 bits per heavy atom. The lowest BCUT2D eigenvalue weighted by molar-refractivity contribution is -0.138. The normalized spacial score (nSPS) is 10.9. The van der Waals surface area contributed by atoms with Gasteiger partial charge < -0.3 is 24.2 Å². The van der Waals surface area contributed by atoms with Gasteiger partial charge in [0.25, 0.3) is 0 Å². The first-order valence-electron chi connectivity index (χ1n) is 8.14. The molecule has 0 saturated heterocycles. The third-order valence-electron chi connectivity index (χ3n) is 3.52. The highest BCUT2D eigenvalue weighted by Crippen LogP contribution is 2.27. The van der Waals surface area contributed by atoms with Crippen LogP contribution in [0.15, 0.2) is 53.7 Å². The van der Waals surface area contributed by atoms with Crippen LogP contribution < -0.4 is 14.2 Å². The number of oxime groups is 1. The molecule has 0 amide bonds. The van der Waals surface area contributed by atoms with Gasteiger partial charge in [0.1, 0.15) is 19.0 Å². The van der Waals surface area contributed by atoms with Gasteiger partial charge in [-0.15, -0.1) is 0 Å². The van der Waals surface area contributed by atoms with Crippen molar-refractivity contribution in [2.24, 2.45) is 5.16 Å². The molecule has 0 aromatic heterocycles. The zero-order valence-electron chi connectivity index (χ0n) is 15.1. The maximum Gasteiger partial charge on any atom is 0.330 e. The minimum Gasteiger partial charge on any atom is -0.496 e. The molecule has 1 N–H and O–H groups in total. The summed E-state index contributed by atoms with van der Waals surface area (Å²) in [6, 6.07) is 12.4. The zero-order valence-corrected chi connectivity index (χ0v) is 15.1. The first-order chi connectivity index (χ1) is 13.2. The van der Waals surface area contributed by atoms with Crippen LogP contribution in [0.1, 0.15) is 11.1 Å². The van der Waals surface area contributed by atoms with Gasteiger partial charge in [0, 0.05) is 17.2 Å². The van der Waals surface area contributed by atoms with E-state index in [0.29, 0.717) is 22.8 Å². The van der Waals surface area contributed by atoms with Crippen molar-refractivity contribution in [1.82, 2.24) is 0 Å². The van der Waals surface area contributed by atoms with Crippen LogP contribution in [0, 0.1) is 0 Å². The average molecular weight is 371 g/mol. The number of nitrogens with zero attached hydrogens (tertiary/aromatic N) is 1. The van der Waals surface area contributed by atoms with Gasteiger partial charge in [0.15, 0.2) is 11.5 Å². The summed E-state index contributed by atoms with van der Waals surface area (Å²) in [5.41, 5.74) is 1.44. The lowest BCUT2D eigenvalue weighted by Crippen LogP contribution is -2.10. The van der Waals surface area contributed by atoms with Gasteiger partial charge in [0.2, 0.25) is 0 Å². The molecule has 0 aliphatic heterocycles. The molecule has 0 heterocycles. The molecule has 142 valence electrons. The lowest BCUT2D eigenvalue weighted by Gasteiger charge is -2.11. The second-order valence-corrected chi connectivity index (χ2v) is 5.25. The first kappa shape index (κ1) is 19.8. The maximum absolute atomic E-state index is 11.8. The number of methoxy groups -OCH3 is 2. The van der Waals surface area contributed by atoms with Crippen molar-refractivity contribution in [3.63, 3.8) is 0 Å². The van der Waals surface area contributed by atoms with Gasteiger partial charge in [-0.05, 0) is 30.3 Å². The molecular weight excluding hydrogens is 350 g/mol. The monoisotopic (exact) mass is 371 g/mol. The Bertz CT molecular complexity index is 816. The van der Waals surface area contributed by atoms with Gasteiger partial charge in [-0.3, -0.25) is 0 Å².